The Morgan fingerprint density at radius 1 is 0.897 bits per heavy atom. The summed E-state index contributed by atoms with van der Waals surface area (Å²) in [7, 11) is 0. The number of rotatable bonds is 8. The van der Waals surface area contributed by atoms with E-state index in [1.165, 1.54) is 29.5 Å². The van der Waals surface area contributed by atoms with Crippen LogP contribution < -0.4 is 0 Å². The number of piperazine rings is 1. The summed E-state index contributed by atoms with van der Waals surface area (Å²) >= 11 is 0. The normalized spacial score (nSPS) is 17.3. The van der Waals surface area contributed by atoms with E-state index in [4.69, 9.17) is 0 Å². The number of nitrogens with zero attached hydrogens (tertiary/aromatic N) is 4. The zero-order valence-electron chi connectivity index (χ0n) is 22.5. The number of fused-ring (bicyclic) bond motifs is 2. The van der Waals surface area contributed by atoms with Crippen LogP contribution in [0.15, 0.2) is 48.7 Å². The molecule has 2 aliphatic rings. The van der Waals surface area contributed by atoms with Gasteiger partial charge in [-0.15, -0.1) is 49.6 Å². The quantitative estimate of drug-likeness (QED) is 0.336. The van der Waals surface area contributed by atoms with Gasteiger partial charge in [0.1, 0.15) is 17.0 Å². The van der Waals surface area contributed by atoms with E-state index in [1.54, 1.807) is 12.3 Å². The van der Waals surface area contributed by atoms with Crippen LogP contribution in [0.5, 0.6) is 11.5 Å². The standard InChI is InChI=1S/C29H38N4O2.4ClH/c1-2-12-33(25-8-5-22-6-9-26(34)20-24(22)19-25)18-17-31-13-15-32(16-14-31)21-23-7-10-28(35)29-27(23)4-3-11-30-29;;;;/h3-4,6-7,9-11,20,25,34-35H,2,5,8,12-19,21H2,1H3;4*1H. The topological polar surface area (TPSA) is 63.1 Å². The van der Waals surface area contributed by atoms with Crippen LogP contribution in [-0.4, -0.2) is 81.8 Å². The van der Waals surface area contributed by atoms with Gasteiger partial charge < -0.3 is 10.2 Å². The van der Waals surface area contributed by atoms with Crippen LogP contribution in [-0.2, 0) is 19.4 Å². The van der Waals surface area contributed by atoms with Gasteiger partial charge in [0.15, 0.2) is 0 Å². The summed E-state index contributed by atoms with van der Waals surface area (Å²) in [6.07, 6.45) is 6.28. The second kappa shape index (κ2) is 16.7. The van der Waals surface area contributed by atoms with Crippen LogP contribution in [0, 0.1) is 0 Å². The molecule has 1 aliphatic heterocycles. The number of hydrogen-bond donors (Lipinski definition) is 2. The average molecular weight is 620 g/mol. The second-order valence-electron chi connectivity index (χ2n) is 10.1. The van der Waals surface area contributed by atoms with Crippen LogP contribution >= 0.6 is 49.6 Å². The predicted octanol–water partition coefficient (Wildman–Crippen LogP) is 5.72. The predicted molar refractivity (Wildman–Crippen MR) is 170 cm³/mol. The maximum atomic E-state index is 10.1. The fourth-order valence-electron chi connectivity index (χ4n) is 5.84. The Kier molecular flexibility index (Phi) is 15.2. The van der Waals surface area contributed by atoms with Crippen molar-refractivity contribution in [3.8, 4) is 11.5 Å². The first-order valence-electron chi connectivity index (χ1n) is 13.2. The zero-order valence-corrected chi connectivity index (χ0v) is 25.8. The van der Waals surface area contributed by atoms with Gasteiger partial charge in [0, 0.05) is 63.4 Å². The molecule has 0 bridgehead atoms. The molecule has 2 aromatic carbocycles. The van der Waals surface area contributed by atoms with E-state index in [-0.39, 0.29) is 55.4 Å². The van der Waals surface area contributed by atoms with Gasteiger partial charge in [0.05, 0.1) is 0 Å². The van der Waals surface area contributed by atoms with Gasteiger partial charge >= 0.3 is 0 Å². The Hall–Kier alpha value is -1.51. The Morgan fingerprint density at radius 2 is 1.64 bits per heavy atom. The first-order chi connectivity index (χ1) is 17.1. The summed E-state index contributed by atoms with van der Waals surface area (Å²) in [5, 5.41) is 21.1. The van der Waals surface area contributed by atoms with Gasteiger partial charge in [-0.2, -0.15) is 0 Å². The Labute approximate surface area is 257 Å². The van der Waals surface area contributed by atoms with Crippen molar-refractivity contribution in [1.29, 1.82) is 0 Å². The number of benzene rings is 2. The van der Waals surface area contributed by atoms with Gasteiger partial charge in [-0.05, 0) is 73.2 Å². The number of hydrogen-bond acceptors (Lipinski definition) is 6. The van der Waals surface area contributed by atoms with Crippen molar-refractivity contribution >= 4 is 60.5 Å². The summed E-state index contributed by atoms with van der Waals surface area (Å²) < 4.78 is 0. The van der Waals surface area contributed by atoms with Crippen molar-refractivity contribution < 1.29 is 10.2 Å². The fraction of sp³-hybridized carbons (Fsp3) is 0.483. The Balaban J connectivity index is 0.00000190. The lowest BCUT2D eigenvalue weighted by atomic mass is 9.87. The Morgan fingerprint density at radius 3 is 2.38 bits per heavy atom. The molecule has 6 nitrogen and oxygen atoms in total. The van der Waals surface area contributed by atoms with E-state index in [0.717, 1.165) is 70.6 Å². The summed E-state index contributed by atoms with van der Waals surface area (Å²) in [6, 6.07) is 14.3. The highest BCUT2D eigenvalue weighted by Crippen LogP contribution is 2.28. The molecule has 3 aromatic rings. The highest BCUT2D eigenvalue weighted by Gasteiger charge is 2.25. The van der Waals surface area contributed by atoms with E-state index >= 15 is 0 Å². The van der Waals surface area contributed by atoms with Crippen molar-refractivity contribution in [3.63, 3.8) is 0 Å². The molecule has 2 heterocycles. The van der Waals surface area contributed by atoms with Crippen molar-refractivity contribution in [2.75, 3.05) is 45.8 Å². The molecule has 1 unspecified atom stereocenters. The lowest BCUT2D eigenvalue weighted by molar-refractivity contribution is 0.100. The van der Waals surface area contributed by atoms with Crippen molar-refractivity contribution in [1.82, 2.24) is 19.7 Å². The van der Waals surface area contributed by atoms with Gasteiger partial charge in [-0.25, -0.2) is 0 Å². The van der Waals surface area contributed by atoms with E-state index in [9.17, 15) is 10.2 Å². The first-order valence-corrected chi connectivity index (χ1v) is 13.2. The lowest BCUT2D eigenvalue weighted by Gasteiger charge is -2.39. The minimum Gasteiger partial charge on any atom is -0.508 e. The van der Waals surface area contributed by atoms with Crippen LogP contribution in [0.2, 0.25) is 0 Å². The van der Waals surface area contributed by atoms with E-state index in [0.29, 0.717) is 17.3 Å². The van der Waals surface area contributed by atoms with E-state index in [2.05, 4.69) is 38.7 Å². The van der Waals surface area contributed by atoms with Gasteiger partial charge in [0.25, 0.3) is 0 Å². The molecule has 0 spiro atoms. The molecule has 0 radical (unpaired) electrons. The third-order valence-corrected chi connectivity index (χ3v) is 7.82. The molecule has 1 aromatic heterocycles. The van der Waals surface area contributed by atoms with Crippen molar-refractivity contribution in [2.45, 2.75) is 45.2 Å². The van der Waals surface area contributed by atoms with Gasteiger partial charge in [-0.3, -0.25) is 19.7 Å². The lowest BCUT2D eigenvalue weighted by Crippen LogP contribution is -2.49. The molecular weight excluding hydrogens is 578 g/mol. The molecule has 1 atom stereocenters. The third kappa shape index (κ3) is 8.74. The number of aromatic nitrogens is 1. The monoisotopic (exact) mass is 618 g/mol. The minimum atomic E-state index is 0. The summed E-state index contributed by atoms with van der Waals surface area (Å²) in [5.41, 5.74) is 4.66. The van der Waals surface area contributed by atoms with E-state index in [1.807, 2.05) is 24.3 Å². The van der Waals surface area contributed by atoms with Crippen molar-refractivity contribution in [2.24, 2.45) is 0 Å². The molecule has 1 aliphatic carbocycles. The molecular formula is C29H42Cl4N4O2. The number of pyridine rings is 1. The summed E-state index contributed by atoms with van der Waals surface area (Å²) in [5.74, 6) is 0.643. The zero-order chi connectivity index (χ0) is 24.2. The molecule has 0 saturated carbocycles. The van der Waals surface area contributed by atoms with Gasteiger partial charge in [-0.1, -0.05) is 25.1 Å². The molecule has 1 fully saturated rings. The number of aromatic hydroxyl groups is 2. The molecule has 0 amide bonds. The van der Waals surface area contributed by atoms with Crippen LogP contribution in [0.25, 0.3) is 10.9 Å². The number of aryl methyl sites for hydroxylation is 1. The molecule has 5 rings (SSSR count). The molecule has 218 valence electrons. The first kappa shape index (κ1) is 35.5. The van der Waals surface area contributed by atoms with Crippen LogP contribution in [0.1, 0.15) is 36.5 Å². The second-order valence-corrected chi connectivity index (χ2v) is 10.1. The molecule has 10 heteroatoms. The number of halogens is 4. The molecule has 2 N–H and O–H groups in total. The molecule has 39 heavy (non-hydrogen) atoms. The summed E-state index contributed by atoms with van der Waals surface area (Å²) in [4.78, 5) is 12.2. The fourth-order valence-corrected chi connectivity index (χ4v) is 5.84. The third-order valence-electron chi connectivity index (χ3n) is 7.82. The largest absolute Gasteiger partial charge is 0.508 e. The highest BCUT2D eigenvalue weighted by molar-refractivity contribution is 5.87. The van der Waals surface area contributed by atoms with Gasteiger partial charge in [0.2, 0.25) is 0 Å². The Bertz CT molecular complexity index is 1160. The maximum Gasteiger partial charge on any atom is 0.141 e. The number of phenolic OH excluding ortho intramolecular Hbond substituents is 2. The van der Waals surface area contributed by atoms with Crippen molar-refractivity contribution in [3.05, 3.63) is 65.4 Å². The smallest absolute Gasteiger partial charge is 0.141 e. The average Bonchev–Trinajstić information content (AvgIpc) is 2.89. The highest BCUT2D eigenvalue weighted by atomic mass is 35.5. The van der Waals surface area contributed by atoms with Crippen LogP contribution in [0.3, 0.4) is 0 Å². The SMILES string of the molecule is CCCN(CCN1CCN(Cc2ccc(O)c3ncccc23)CC1)C1CCc2ccc(O)cc2C1.Cl.Cl.Cl.Cl. The van der Waals surface area contributed by atoms with E-state index < -0.39 is 0 Å². The number of phenols is 2. The van der Waals surface area contributed by atoms with Crippen LogP contribution in [0.4, 0.5) is 0 Å². The molecule has 1 saturated heterocycles. The maximum absolute atomic E-state index is 10.1. The summed E-state index contributed by atoms with van der Waals surface area (Å²) in [6.45, 7) is 10.8. The minimum absolute atomic E-state index is 0.